The Morgan fingerprint density at radius 2 is 1.77 bits per heavy atom. The molecule has 0 aliphatic rings. The molecule has 0 atom stereocenters. The molecule has 4 rings (SSSR count). The number of hydrogen-bond acceptors (Lipinski definition) is 3. The number of halogens is 1. The van der Waals surface area contributed by atoms with Gasteiger partial charge in [0.05, 0.1) is 17.4 Å². The fourth-order valence-corrected chi connectivity index (χ4v) is 3.33. The average Bonchev–Trinajstić information content (AvgIpc) is 2.64. The highest BCUT2D eigenvalue weighted by Crippen LogP contribution is 2.22. The molecule has 26 heavy (non-hydrogen) atoms. The highest BCUT2D eigenvalue weighted by molar-refractivity contribution is 9.10. The molecule has 0 fully saturated rings. The van der Waals surface area contributed by atoms with E-state index in [2.05, 4.69) is 15.9 Å². The topological polar surface area (TPSA) is 55.1 Å². The highest BCUT2D eigenvalue weighted by Gasteiger charge is 2.13. The lowest BCUT2D eigenvalue weighted by Crippen LogP contribution is -2.24. The first kappa shape index (κ1) is 16.5. The van der Waals surface area contributed by atoms with E-state index in [-0.39, 0.29) is 11.3 Å². The maximum absolute atomic E-state index is 13.2. The second kappa shape index (κ2) is 6.77. The fraction of sp³-hybridized carbons (Fsp3) is 0.0476. The number of benzene rings is 3. The van der Waals surface area contributed by atoms with Crippen molar-refractivity contribution in [1.29, 1.82) is 0 Å². The van der Waals surface area contributed by atoms with Gasteiger partial charge in [-0.1, -0.05) is 58.4 Å². The summed E-state index contributed by atoms with van der Waals surface area (Å²) in [5, 5.41) is 10.3. The van der Waals surface area contributed by atoms with E-state index in [0.29, 0.717) is 23.3 Å². The van der Waals surface area contributed by atoms with Crippen LogP contribution in [0.3, 0.4) is 0 Å². The van der Waals surface area contributed by atoms with Crippen LogP contribution < -0.4 is 5.56 Å². The lowest BCUT2D eigenvalue weighted by molar-refractivity contribution is 0.474. The first-order valence-corrected chi connectivity index (χ1v) is 8.94. The van der Waals surface area contributed by atoms with Gasteiger partial charge in [0.1, 0.15) is 11.6 Å². The molecule has 0 saturated carbocycles. The third-order valence-electron chi connectivity index (χ3n) is 4.20. The van der Waals surface area contributed by atoms with Crippen LogP contribution in [0, 0.1) is 0 Å². The van der Waals surface area contributed by atoms with Gasteiger partial charge in [-0.2, -0.15) is 0 Å². The Kier molecular flexibility index (Phi) is 4.31. The van der Waals surface area contributed by atoms with Crippen LogP contribution in [0.2, 0.25) is 0 Å². The van der Waals surface area contributed by atoms with Crippen molar-refractivity contribution >= 4 is 26.8 Å². The number of fused-ring (bicyclic) bond motifs is 1. The van der Waals surface area contributed by atoms with Crippen molar-refractivity contribution in [3.8, 4) is 17.1 Å². The monoisotopic (exact) mass is 406 g/mol. The summed E-state index contributed by atoms with van der Waals surface area (Å²) in [6.07, 6.45) is 0. The van der Waals surface area contributed by atoms with Crippen LogP contribution in [-0.2, 0) is 6.54 Å². The van der Waals surface area contributed by atoms with Crippen molar-refractivity contribution < 1.29 is 5.11 Å². The van der Waals surface area contributed by atoms with E-state index in [9.17, 15) is 9.90 Å². The number of phenols is 1. The molecule has 5 heteroatoms. The molecule has 0 aliphatic carbocycles. The summed E-state index contributed by atoms with van der Waals surface area (Å²) in [6.45, 7) is 0.330. The maximum Gasteiger partial charge on any atom is 0.261 e. The van der Waals surface area contributed by atoms with Gasteiger partial charge in [-0.25, -0.2) is 4.98 Å². The average molecular weight is 407 g/mol. The number of nitrogens with zero attached hydrogens (tertiary/aromatic N) is 2. The van der Waals surface area contributed by atoms with Gasteiger partial charge in [0.15, 0.2) is 0 Å². The summed E-state index contributed by atoms with van der Waals surface area (Å²) in [5.74, 6) is 0.777. The summed E-state index contributed by atoms with van der Waals surface area (Å²) < 4.78 is 2.53. The Hall–Kier alpha value is -2.92. The van der Waals surface area contributed by atoms with Crippen LogP contribution in [0.4, 0.5) is 0 Å². The largest absolute Gasteiger partial charge is 0.508 e. The second-order valence-electron chi connectivity index (χ2n) is 6.02. The van der Waals surface area contributed by atoms with Gasteiger partial charge >= 0.3 is 0 Å². The van der Waals surface area contributed by atoms with Crippen molar-refractivity contribution in [2.75, 3.05) is 0 Å². The van der Waals surface area contributed by atoms with E-state index in [0.717, 1.165) is 15.6 Å². The van der Waals surface area contributed by atoms with Gasteiger partial charge < -0.3 is 5.11 Å². The normalized spacial score (nSPS) is 11.0. The van der Waals surface area contributed by atoms with Gasteiger partial charge in [-0.05, 0) is 35.9 Å². The Morgan fingerprint density at radius 3 is 2.54 bits per heavy atom. The van der Waals surface area contributed by atoms with Crippen LogP contribution in [0.15, 0.2) is 82.1 Å². The minimum atomic E-state index is -0.107. The molecule has 128 valence electrons. The quantitative estimate of drug-likeness (QED) is 0.541. The smallest absolute Gasteiger partial charge is 0.261 e. The molecule has 0 bridgehead atoms. The Balaban J connectivity index is 1.98. The van der Waals surface area contributed by atoms with Crippen molar-refractivity contribution in [3.63, 3.8) is 0 Å². The van der Waals surface area contributed by atoms with Gasteiger partial charge in [0.2, 0.25) is 0 Å². The lowest BCUT2D eigenvalue weighted by Gasteiger charge is -2.14. The van der Waals surface area contributed by atoms with E-state index in [1.165, 1.54) is 0 Å². The zero-order valence-corrected chi connectivity index (χ0v) is 15.3. The minimum Gasteiger partial charge on any atom is -0.508 e. The molecule has 1 N–H and O–H groups in total. The summed E-state index contributed by atoms with van der Waals surface area (Å²) in [7, 11) is 0. The number of hydrogen-bond donors (Lipinski definition) is 1. The molecule has 4 nitrogen and oxygen atoms in total. The maximum atomic E-state index is 13.2. The molecule has 0 spiro atoms. The highest BCUT2D eigenvalue weighted by atomic mass is 79.9. The summed E-state index contributed by atoms with van der Waals surface area (Å²) in [5.41, 5.74) is 2.24. The van der Waals surface area contributed by atoms with Crippen LogP contribution in [-0.4, -0.2) is 14.7 Å². The van der Waals surface area contributed by atoms with Crippen LogP contribution in [0.1, 0.15) is 5.56 Å². The first-order valence-electron chi connectivity index (χ1n) is 8.15. The predicted molar refractivity (Wildman–Crippen MR) is 106 cm³/mol. The molecule has 0 amide bonds. The molecule has 4 aromatic rings. The van der Waals surface area contributed by atoms with Gasteiger partial charge in [-0.15, -0.1) is 0 Å². The van der Waals surface area contributed by atoms with Crippen molar-refractivity contribution in [3.05, 3.63) is 93.2 Å². The molecule has 1 aromatic heterocycles. The Morgan fingerprint density at radius 1 is 0.962 bits per heavy atom. The molecule has 3 aromatic carbocycles. The van der Waals surface area contributed by atoms with E-state index in [4.69, 9.17) is 4.98 Å². The Labute approximate surface area is 158 Å². The van der Waals surface area contributed by atoms with Crippen LogP contribution in [0.5, 0.6) is 5.75 Å². The van der Waals surface area contributed by atoms with Gasteiger partial charge in [0, 0.05) is 10.0 Å². The molecule has 1 heterocycles. The van der Waals surface area contributed by atoms with Crippen LogP contribution >= 0.6 is 15.9 Å². The second-order valence-corrected chi connectivity index (χ2v) is 6.94. The zero-order chi connectivity index (χ0) is 18.1. The number of rotatable bonds is 3. The Bertz CT molecular complexity index is 1150. The predicted octanol–water partition coefficient (Wildman–Crippen LogP) is 4.58. The van der Waals surface area contributed by atoms with Crippen molar-refractivity contribution in [1.82, 2.24) is 9.55 Å². The summed E-state index contributed by atoms with van der Waals surface area (Å²) in [6, 6.07) is 22.0. The number of aromatic nitrogens is 2. The number of phenolic OH excluding ortho intramolecular Hbond substituents is 1. The zero-order valence-electron chi connectivity index (χ0n) is 13.8. The standard InChI is InChI=1S/C21H15BrN2O2/c22-16-9-10-18-19(12-16)23-20(15-6-2-1-3-7-15)24(21(18)26)13-14-5-4-8-17(25)11-14/h1-12,25H,13H2. The SMILES string of the molecule is O=c1c2ccc(Br)cc2nc(-c2ccccc2)n1Cc1cccc(O)c1. The summed E-state index contributed by atoms with van der Waals surface area (Å²) in [4.78, 5) is 17.9. The minimum absolute atomic E-state index is 0.107. The van der Waals surface area contributed by atoms with Crippen LogP contribution in [0.25, 0.3) is 22.3 Å². The molecule has 0 saturated heterocycles. The third kappa shape index (κ3) is 3.13. The summed E-state index contributed by atoms with van der Waals surface area (Å²) >= 11 is 3.44. The van der Waals surface area contributed by atoms with Gasteiger partial charge in [0.25, 0.3) is 5.56 Å². The molecule has 0 radical (unpaired) electrons. The lowest BCUT2D eigenvalue weighted by atomic mass is 10.1. The van der Waals surface area contributed by atoms with E-state index in [1.807, 2.05) is 48.5 Å². The van der Waals surface area contributed by atoms with Crippen molar-refractivity contribution in [2.45, 2.75) is 6.54 Å². The third-order valence-corrected chi connectivity index (χ3v) is 4.69. The number of aromatic hydroxyl groups is 1. The first-order chi connectivity index (χ1) is 12.6. The fourth-order valence-electron chi connectivity index (χ4n) is 2.99. The van der Waals surface area contributed by atoms with E-state index < -0.39 is 0 Å². The van der Waals surface area contributed by atoms with Gasteiger partial charge in [-0.3, -0.25) is 9.36 Å². The van der Waals surface area contributed by atoms with E-state index >= 15 is 0 Å². The van der Waals surface area contributed by atoms with Crippen molar-refractivity contribution in [2.24, 2.45) is 0 Å². The molecular weight excluding hydrogens is 392 g/mol. The molecular formula is C21H15BrN2O2. The van der Waals surface area contributed by atoms with E-state index in [1.54, 1.807) is 28.8 Å². The molecule has 0 aliphatic heterocycles. The molecule has 0 unspecified atom stereocenters.